The molecular weight excluding hydrogens is 232 g/mol. The van der Waals surface area contributed by atoms with Gasteiger partial charge in [0.15, 0.2) is 0 Å². The fraction of sp³-hybridized carbons (Fsp3) is 0.462. The summed E-state index contributed by atoms with van der Waals surface area (Å²) in [6.07, 6.45) is 0.366. The number of carbonyl (C=O) groups is 1. The predicted molar refractivity (Wildman–Crippen MR) is 67.8 cm³/mol. The Morgan fingerprint density at radius 2 is 2.11 bits per heavy atom. The quantitative estimate of drug-likeness (QED) is 0.803. The van der Waals surface area contributed by atoms with Crippen LogP contribution in [-0.2, 0) is 14.3 Å². The third-order valence-electron chi connectivity index (χ3n) is 3.10. The summed E-state index contributed by atoms with van der Waals surface area (Å²) in [5.41, 5.74) is 1.98. The van der Waals surface area contributed by atoms with Crippen molar-refractivity contribution in [1.82, 2.24) is 0 Å². The van der Waals surface area contributed by atoms with Gasteiger partial charge in [-0.3, -0.25) is 4.79 Å². The molecule has 5 heteroatoms. The molecule has 0 bridgehead atoms. The number of nitrogens with one attached hydrogen (secondary N) is 1. The van der Waals surface area contributed by atoms with Crippen LogP contribution in [-0.4, -0.2) is 44.9 Å². The van der Waals surface area contributed by atoms with Crippen molar-refractivity contribution in [3.63, 3.8) is 0 Å². The van der Waals surface area contributed by atoms with E-state index in [1.807, 2.05) is 24.3 Å². The van der Waals surface area contributed by atoms with E-state index in [4.69, 9.17) is 9.47 Å². The number of ether oxygens (including phenoxy) is 2. The summed E-state index contributed by atoms with van der Waals surface area (Å²) in [6, 6.07) is 7.89. The lowest BCUT2D eigenvalue weighted by molar-refractivity contribution is -0.125. The maximum absolute atomic E-state index is 11.7. The second kappa shape index (κ2) is 4.96. The van der Waals surface area contributed by atoms with E-state index in [1.54, 1.807) is 4.90 Å². The van der Waals surface area contributed by atoms with Gasteiger partial charge in [-0.15, -0.1) is 0 Å². The molecule has 1 amide bonds. The lowest BCUT2D eigenvalue weighted by Crippen LogP contribution is -2.41. The number of carbonyl (C=O) groups excluding carboxylic acids is 1. The van der Waals surface area contributed by atoms with Gasteiger partial charge >= 0.3 is 0 Å². The molecule has 2 heterocycles. The number of hydrogen-bond donors (Lipinski definition) is 1. The molecule has 2 aliphatic rings. The number of epoxide rings is 1. The number of hydrogen-bond acceptors (Lipinski definition) is 4. The predicted octanol–water partition coefficient (Wildman–Crippen LogP) is 0.860. The molecule has 0 aromatic heterocycles. The monoisotopic (exact) mass is 248 g/mol. The molecule has 0 unspecified atom stereocenters. The van der Waals surface area contributed by atoms with Gasteiger partial charge in [0.25, 0.3) is 5.91 Å². The highest BCUT2D eigenvalue weighted by Gasteiger charge is 2.22. The summed E-state index contributed by atoms with van der Waals surface area (Å²) in [5.74, 6) is 0.0216. The van der Waals surface area contributed by atoms with Crippen LogP contribution in [0.4, 0.5) is 11.4 Å². The van der Waals surface area contributed by atoms with Crippen LogP contribution < -0.4 is 10.2 Å². The van der Waals surface area contributed by atoms with Crippen LogP contribution in [0.5, 0.6) is 0 Å². The SMILES string of the molecule is O=C1COCCN1c1ccc(NC[C@H]2CO2)cc1. The van der Waals surface area contributed by atoms with E-state index in [-0.39, 0.29) is 12.5 Å². The smallest absolute Gasteiger partial charge is 0.253 e. The Hall–Kier alpha value is -1.59. The van der Waals surface area contributed by atoms with E-state index in [0.29, 0.717) is 19.3 Å². The van der Waals surface area contributed by atoms with Crippen molar-refractivity contribution in [1.29, 1.82) is 0 Å². The standard InChI is InChI=1S/C13H16N2O3/c16-13-9-17-6-5-15(13)11-3-1-10(2-4-11)14-7-12-8-18-12/h1-4,12,14H,5-9H2/t12-/m0/s1. The lowest BCUT2D eigenvalue weighted by Gasteiger charge is -2.26. The molecule has 0 radical (unpaired) electrons. The zero-order valence-electron chi connectivity index (χ0n) is 10.1. The van der Waals surface area contributed by atoms with Crippen LogP contribution in [0.25, 0.3) is 0 Å². The van der Waals surface area contributed by atoms with Crippen molar-refractivity contribution in [3.05, 3.63) is 24.3 Å². The summed E-state index contributed by atoms with van der Waals surface area (Å²) in [6.45, 7) is 3.11. The van der Waals surface area contributed by atoms with Gasteiger partial charge in [-0.05, 0) is 24.3 Å². The minimum absolute atomic E-state index is 0.0216. The first-order chi connectivity index (χ1) is 8.83. The lowest BCUT2D eigenvalue weighted by atomic mass is 10.2. The second-order valence-electron chi connectivity index (χ2n) is 4.48. The minimum Gasteiger partial charge on any atom is -0.382 e. The zero-order chi connectivity index (χ0) is 12.4. The molecule has 3 rings (SSSR count). The third kappa shape index (κ3) is 2.63. The zero-order valence-corrected chi connectivity index (χ0v) is 10.1. The van der Waals surface area contributed by atoms with E-state index in [9.17, 15) is 4.79 Å². The highest BCUT2D eigenvalue weighted by atomic mass is 16.6. The van der Waals surface area contributed by atoms with Crippen molar-refractivity contribution < 1.29 is 14.3 Å². The molecular formula is C13H16N2O3. The second-order valence-corrected chi connectivity index (χ2v) is 4.48. The Kier molecular flexibility index (Phi) is 3.17. The van der Waals surface area contributed by atoms with Crippen LogP contribution >= 0.6 is 0 Å². The number of morpholine rings is 1. The Morgan fingerprint density at radius 1 is 1.33 bits per heavy atom. The highest BCUT2D eigenvalue weighted by molar-refractivity contribution is 5.94. The summed E-state index contributed by atoms with van der Waals surface area (Å²) < 4.78 is 10.2. The molecule has 0 saturated carbocycles. The molecule has 1 N–H and O–H groups in total. The van der Waals surface area contributed by atoms with Crippen LogP contribution in [0.2, 0.25) is 0 Å². The first-order valence-corrected chi connectivity index (χ1v) is 6.16. The Balaban J connectivity index is 1.63. The van der Waals surface area contributed by atoms with Gasteiger partial charge in [-0.25, -0.2) is 0 Å². The summed E-state index contributed by atoms with van der Waals surface area (Å²) >= 11 is 0. The van der Waals surface area contributed by atoms with Crippen molar-refractivity contribution in [3.8, 4) is 0 Å². The van der Waals surface area contributed by atoms with Crippen LogP contribution in [0.3, 0.4) is 0 Å². The molecule has 1 atom stereocenters. The van der Waals surface area contributed by atoms with Crippen molar-refractivity contribution >= 4 is 17.3 Å². The maximum Gasteiger partial charge on any atom is 0.253 e. The van der Waals surface area contributed by atoms with Gasteiger partial charge in [-0.2, -0.15) is 0 Å². The molecule has 5 nitrogen and oxygen atoms in total. The van der Waals surface area contributed by atoms with E-state index in [1.165, 1.54) is 0 Å². The number of benzene rings is 1. The van der Waals surface area contributed by atoms with Crippen LogP contribution in [0.1, 0.15) is 0 Å². The van der Waals surface area contributed by atoms with E-state index in [0.717, 1.165) is 24.5 Å². The average molecular weight is 248 g/mol. The minimum atomic E-state index is 0.0216. The van der Waals surface area contributed by atoms with E-state index >= 15 is 0 Å². The van der Waals surface area contributed by atoms with Gasteiger partial charge in [0.1, 0.15) is 6.61 Å². The number of amides is 1. The first kappa shape index (κ1) is 11.5. The fourth-order valence-corrected chi connectivity index (χ4v) is 1.97. The molecule has 0 spiro atoms. The van der Waals surface area contributed by atoms with Crippen molar-refractivity contribution in [2.24, 2.45) is 0 Å². The summed E-state index contributed by atoms with van der Waals surface area (Å²) in [4.78, 5) is 13.4. The van der Waals surface area contributed by atoms with Crippen LogP contribution in [0.15, 0.2) is 24.3 Å². The topological polar surface area (TPSA) is 54.1 Å². The Labute approximate surface area is 106 Å². The van der Waals surface area contributed by atoms with Gasteiger partial charge in [0.2, 0.25) is 0 Å². The fourth-order valence-electron chi connectivity index (χ4n) is 1.97. The molecule has 2 aliphatic heterocycles. The summed E-state index contributed by atoms with van der Waals surface area (Å²) in [5, 5.41) is 3.29. The van der Waals surface area contributed by atoms with E-state index in [2.05, 4.69) is 5.32 Å². The normalized spacial score (nSPS) is 23.0. The Morgan fingerprint density at radius 3 is 2.78 bits per heavy atom. The van der Waals surface area contributed by atoms with Gasteiger partial charge in [-0.1, -0.05) is 0 Å². The van der Waals surface area contributed by atoms with Crippen LogP contribution in [0, 0.1) is 0 Å². The summed E-state index contributed by atoms with van der Waals surface area (Å²) in [7, 11) is 0. The molecule has 1 aromatic carbocycles. The van der Waals surface area contributed by atoms with Gasteiger partial charge in [0, 0.05) is 24.5 Å². The maximum atomic E-state index is 11.7. The van der Waals surface area contributed by atoms with Crippen molar-refractivity contribution in [2.75, 3.05) is 43.1 Å². The number of nitrogens with zero attached hydrogens (tertiary/aromatic N) is 1. The molecule has 0 aliphatic carbocycles. The average Bonchev–Trinajstić information content (AvgIpc) is 3.22. The molecule has 2 fully saturated rings. The molecule has 2 saturated heterocycles. The number of rotatable bonds is 4. The molecule has 1 aromatic rings. The molecule has 18 heavy (non-hydrogen) atoms. The van der Waals surface area contributed by atoms with E-state index < -0.39 is 0 Å². The number of anilines is 2. The third-order valence-corrected chi connectivity index (χ3v) is 3.10. The van der Waals surface area contributed by atoms with Gasteiger partial charge < -0.3 is 19.7 Å². The molecule has 96 valence electrons. The van der Waals surface area contributed by atoms with Crippen molar-refractivity contribution in [2.45, 2.75) is 6.10 Å². The first-order valence-electron chi connectivity index (χ1n) is 6.16. The van der Waals surface area contributed by atoms with Gasteiger partial charge in [0.05, 0.1) is 19.3 Å². The highest BCUT2D eigenvalue weighted by Crippen LogP contribution is 2.20. The Bertz CT molecular complexity index is 428. The largest absolute Gasteiger partial charge is 0.382 e.